The van der Waals surface area contributed by atoms with Crippen LogP contribution in [0.3, 0.4) is 0 Å². The highest BCUT2D eigenvalue weighted by Crippen LogP contribution is 2.24. The number of benzene rings is 1. The van der Waals surface area contributed by atoms with Gasteiger partial charge < -0.3 is 15.4 Å². The zero-order valence-electron chi connectivity index (χ0n) is 11.2. The second-order valence-electron chi connectivity index (χ2n) is 4.72. The van der Waals surface area contributed by atoms with E-state index in [0.717, 1.165) is 25.0 Å². The van der Waals surface area contributed by atoms with Crippen LogP contribution in [0.4, 0.5) is 18.9 Å². The van der Waals surface area contributed by atoms with Gasteiger partial charge >= 0.3 is 6.36 Å². The minimum atomic E-state index is -4.71. The Bertz CT molecular complexity index is 475. The fourth-order valence-electron chi connectivity index (χ4n) is 1.67. The number of rotatable bonds is 5. The number of ether oxygens (including phenoxy) is 1. The molecule has 21 heavy (non-hydrogen) atoms. The highest BCUT2D eigenvalue weighted by Gasteiger charge is 2.31. The Labute approximate surface area is 126 Å². The Morgan fingerprint density at radius 3 is 2.33 bits per heavy atom. The number of hydrogen-bond donors (Lipinski definition) is 2. The van der Waals surface area contributed by atoms with Crippen LogP contribution in [0.2, 0.25) is 0 Å². The van der Waals surface area contributed by atoms with E-state index in [1.807, 2.05) is 0 Å². The maximum Gasteiger partial charge on any atom is 0.573 e. The Balaban J connectivity index is 0.00000220. The van der Waals surface area contributed by atoms with E-state index in [0.29, 0.717) is 11.7 Å². The van der Waals surface area contributed by atoms with Gasteiger partial charge in [-0.2, -0.15) is 0 Å². The molecule has 0 heterocycles. The van der Waals surface area contributed by atoms with Gasteiger partial charge in [-0.25, -0.2) is 0 Å². The van der Waals surface area contributed by atoms with Crippen LogP contribution in [0.15, 0.2) is 24.3 Å². The van der Waals surface area contributed by atoms with Crippen molar-refractivity contribution in [2.75, 3.05) is 5.32 Å². The quantitative estimate of drug-likeness (QED) is 0.875. The lowest BCUT2D eigenvalue weighted by molar-refractivity contribution is -0.274. The summed E-state index contributed by atoms with van der Waals surface area (Å²) in [7, 11) is 0. The van der Waals surface area contributed by atoms with Crippen molar-refractivity contribution < 1.29 is 22.7 Å². The molecule has 1 fully saturated rings. The molecule has 1 aromatic carbocycles. The first kappa shape index (κ1) is 17.6. The number of nitrogens with one attached hydrogen (secondary N) is 2. The molecule has 1 aliphatic carbocycles. The molecule has 1 saturated carbocycles. The van der Waals surface area contributed by atoms with Gasteiger partial charge in [0.15, 0.2) is 0 Å². The van der Waals surface area contributed by atoms with Crippen molar-refractivity contribution in [3.8, 4) is 5.75 Å². The summed E-state index contributed by atoms with van der Waals surface area (Å²) in [5, 5.41) is 5.76. The van der Waals surface area contributed by atoms with Gasteiger partial charge in [0.05, 0.1) is 6.04 Å². The van der Waals surface area contributed by atoms with Crippen molar-refractivity contribution in [1.29, 1.82) is 0 Å². The number of anilines is 1. The molecule has 8 heteroatoms. The van der Waals surface area contributed by atoms with Crippen LogP contribution in [0.5, 0.6) is 5.75 Å². The van der Waals surface area contributed by atoms with Gasteiger partial charge in [-0.1, -0.05) is 0 Å². The lowest BCUT2D eigenvalue weighted by Gasteiger charge is -2.14. The standard InChI is InChI=1S/C13H15F3N2O2.ClH/c1-8(17-9-2-3-9)12(19)18-10-4-6-11(7-5-10)20-13(14,15)16;/h4-9,17H,2-3H2,1H3,(H,18,19);1H. The Morgan fingerprint density at radius 1 is 1.29 bits per heavy atom. The molecule has 1 unspecified atom stereocenters. The van der Waals surface area contributed by atoms with Crippen LogP contribution < -0.4 is 15.4 Å². The van der Waals surface area contributed by atoms with Gasteiger partial charge in [-0.15, -0.1) is 25.6 Å². The molecular formula is C13H16ClF3N2O2. The Kier molecular flexibility index (Phi) is 5.86. The van der Waals surface area contributed by atoms with Crippen LogP contribution in [-0.4, -0.2) is 24.4 Å². The summed E-state index contributed by atoms with van der Waals surface area (Å²) in [6.07, 6.45) is -2.57. The van der Waals surface area contributed by atoms with Crippen molar-refractivity contribution in [2.24, 2.45) is 0 Å². The van der Waals surface area contributed by atoms with Gasteiger partial charge in [-0.3, -0.25) is 4.79 Å². The maximum absolute atomic E-state index is 12.0. The third-order valence-corrected chi connectivity index (χ3v) is 2.81. The molecule has 0 spiro atoms. The van der Waals surface area contributed by atoms with Crippen molar-refractivity contribution in [1.82, 2.24) is 5.32 Å². The summed E-state index contributed by atoms with van der Waals surface area (Å²) in [6.45, 7) is 1.74. The maximum atomic E-state index is 12.0. The van der Waals surface area contributed by atoms with Gasteiger partial charge in [0.2, 0.25) is 5.91 Å². The zero-order valence-corrected chi connectivity index (χ0v) is 12.1. The van der Waals surface area contributed by atoms with E-state index in [-0.39, 0.29) is 30.1 Å². The van der Waals surface area contributed by atoms with E-state index in [9.17, 15) is 18.0 Å². The molecule has 2 rings (SSSR count). The summed E-state index contributed by atoms with van der Waals surface area (Å²) in [5.41, 5.74) is 0.425. The van der Waals surface area contributed by atoms with Crippen LogP contribution >= 0.6 is 12.4 Å². The molecule has 0 aliphatic heterocycles. The molecule has 0 aromatic heterocycles. The van der Waals surface area contributed by atoms with E-state index in [1.54, 1.807) is 6.92 Å². The molecule has 1 atom stereocenters. The third-order valence-electron chi connectivity index (χ3n) is 2.81. The monoisotopic (exact) mass is 324 g/mol. The van der Waals surface area contributed by atoms with Crippen LogP contribution in [-0.2, 0) is 4.79 Å². The predicted octanol–water partition coefficient (Wildman–Crippen LogP) is 3.09. The number of hydrogen-bond acceptors (Lipinski definition) is 3. The number of carbonyl (C=O) groups is 1. The van der Waals surface area contributed by atoms with E-state index >= 15 is 0 Å². The minimum absolute atomic E-state index is 0. The SMILES string of the molecule is CC(NC1CC1)C(=O)Nc1ccc(OC(F)(F)F)cc1.Cl. The molecule has 118 valence electrons. The topological polar surface area (TPSA) is 50.4 Å². The van der Waals surface area contributed by atoms with E-state index in [2.05, 4.69) is 15.4 Å². The second-order valence-corrected chi connectivity index (χ2v) is 4.72. The molecule has 2 N–H and O–H groups in total. The number of amides is 1. The van der Waals surface area contributed by atoms with Gasteiger partial charge in [0, 0.05) is 11.7 Å². The van der Waals surface area contributed by atoms with E-state index in [1.165, 1.54) is 12.1 Å². The second kappa shape index (κ2) is 7.00. The molecule has 0 bridgehead atoms. The summed E-state index contributed by atoms with van der Waals surface area (Å²) in [6, 6.07) is 5.10. The molecule has 0 saturated heterocycles. The van der Waals surface area contributed by atoms with Crippen molar-refractivity contribution in [3.63, 3.8) is 0 Å². The van der Waals surface area contributed by atoms with E-state index in [4.69, 9.17) is 0 Å². The highest BCUT2D eigenvalue weighted by molar-refractivity contribution is 5.94. The predicted molar refractivity (Wildman–Crippen MR) is 74.6 cm³/mol. The molecule has 1 aromatic rings. The first-order valence-corrected chi connectivity index (χ1v) is 6.26. The lowest BCUT2D eigenvalue weighted by atomic mass is 10.2. The lowest BCUT2D eigenvalue weighted by Crippen LogP contribution is -2.39. The smallest absolute Gasteiger partial charge is 0.406 e. The molecule has 0 radical (unpaired) electrons. The van der Waals surface area contributed by atoms with Crippen molar-refractivity contribution in [3.05, 3.63) is 24.3 Å². The van der Waals surface area contributed by atoms with Crippen molar-refractivity contribution >= 4 is 24.0 Å². The molecule has 4 nitrogen and oxygen atoms in total. The third kappa shape index (κ3) is 6.22. The van der Waals surface area contributed by atoms with Gasteiger partial charge in [0.1, 0.15) is 5.75 Å². The Hall–Kier alpha value is -1.47. The molecule has 1 aliphatic rings. The molecule has 1 amide bonds. The summed E-state index contributed by atoms with van der Waals surface area (Å²) in [5.74, 6) is -0.541. The highest BCUT2D eigenvalue weighted by atomic mass is 35.5. The fourth-order valence-corrected chi connectivity index (χ4v) is 1.67. The van der Waals surface area contributed by atoms with Crippen LogP contribution in [0, 0.1) is 0 Å². The van der Waals surface area contributed by atoms with E-state index < -0.39 is 6.36 Å². The minimum Gasteiger partial charge on any atom is -0.406 e. The first-order chi connectivity index (χ1) is 9.33. The first-order valence-electron chi connectivity index (χ1n) is 6.26. The zero-order chi connectivity index (χ0) is 14.8. The summed E-state index contributed by atoms with van der Waals surface area (Å²) < 4.78 is 39.7. The average Bonchev–Trinajstić information content (AvgIpc) is 3.13. The van der Waals surface area contributed by atoms with Gasteiger partial charge in [0.25, 0.3) is 0 Å². The molecular weight excluding hydrogens is 309 g/mol. The van der Waals surface area contributed by atoms with Crippen LogP contribution in [0.25, 0.3) is 0 Å². The van der Waals surface area contributed by atoms with Crippen molar-refractivity contribution in [2.45, 2.75) is 38.2 Å². The average molecular weight is 325 g/mol. The number of alkyl halides is 3. The normalized spacial score (nSPS) is 15.8. The number of halogens is 4. The van der Waals surface area contributed by atoms with Gasteiger partial charge in [-0.05, 0) is 44.0 Å². The largest absolute Gasteiger partial charge is 0.573 e. The summed E-state index contributed by atoms with van der Waals surface area (Å²) >= 11 is 0. The fraction of sp³-hybridized carbons (Fsp3) is 0.462. The number of carbonyl (C=O) groups excluding carboxylic acids is 1. The Morgan fingerprint density at radius 2 is 1.86 bits per heavy atom. The summed E-state index contributed by atoms with van der Waals surface area (Å²) in [4.78, 5) is 11.8. The van der Waals surface area contributed by atoms with Crippen LogP contribution in [0.1, 0.15) is 19.8 Å².